The minimum absolute atomic E-state index is 0.538. The highest BCUT2D eigenvalue weighted by atomic mass is 32.1. The molecule has 0 saturated heterocycles. The lowest BCUT2D eigenvalue weighted by Crippen LogP contribution is -2.23. The van der Waals surface area contributed by atoms with Crippen molar-refractivity contribution in [3.63, 3.8) is 0 Å². The molecule has 0 fully saturated rings. The van der Waals surface area contributed by atoms with Gasteiger partial charge in [0.05, 0.1) is 0 Å². The minimum atomic E-state index is 0.538. The Kier molecular flexibility index (Phi) is 4.72. The van der Waals surface area contributed by atoms with E-state index in [0.717, 1.165) is 35.0 Å². The molecule has 0 spiro atoms. The van der Waals surface area contributed by atoms with Gasteiger partial charge >= 0.3 is 0 Å². The second-order valence-corrected chi connectivity index (χ2v) is 5.40. The van der Waals surface area contributed by atoms with Crippen molar-refractivity contribution < 1.29 is 0 Å². The van der Waals surface area contributed by atoms with E-state index in [0.29, 0.717) is 6.04 Å². The van der Waals surface area contributed by atoms with Crippen LogP contribution in [0, 0.1) is 0 Å². The summed E-state index contributed by atoms with van der Waals surface area (Å²) in [7, 11) is 0. The number of nitrogens with zero attached hydrogens (tertiary/aromatic N) is 4. The zero-order valence-electron chi connectivity index (χ0n) is 10.6. The maximum Gasteiger partial charge on any atom is 0.150 e. The van der Waals surface area contributed by atoms with Crippen LogP contribution in [0.5, 0.6) is 0 Å². The van der Waals surface area contributed by atoms with E-state index >= 15 is 0 Å². The molecular formula is C12H17N5S. The predicted octanol–water partition coefficient (Wildman–Crippen LogP) is 1.93. The van der Waals surface area contributed by atoms with Crippen LogP contribution in [0.25, 0.3) is 10.6 Å². The van der Waals surface area contributed by atoms with E-state index in [2.05, 4.69) is 39.3 Å². The van der Waals surface area contributed by atoms with Gasteiger partial charge < -0.3 is 5.32 Å². The van der Waals surface area contributed by atoms with Gasteiger partial charge in [-0.2, -0.15) is 0 Å². The second-order valence-electron chi connectivity index (χ2n) is 4.34. The molecule has 0 aliphatic carbocycles. The average Bonchev–Trinajstić information content (AvgIpc) is 2.84. The SMILES string of the molecule is CC(C)NCCCc1nnc(-c2cncnc2)s1. The van der Waals surface area contributed by atoms with Crippen LogP contribution < -0.4 is 5.32 Å². The fraction of sp³-hybridized carbons (Fsp3) is 0.500. The second kappa shape index (κ2) is 6.51. The normalized spacial score (nSPS) is 11.1. The molecule has 96 valence electrons. The number of aryl methyl sites for hydroxylation is 1. The molecule has 0 aromatic carbocycles. The maximum absolute atomic E-state index is 4.19. The molecule has 0 aliphatic heterocycles. The summed E-state index contributed by atoms with van der Waals surface area (Å²) in [6, 6.07) is 0.538. The van der Waals surface area contributed by atoms with E-state index in [1.54, 1.807) is 23.7 Å². The molecule has 2 rings (SSSR count). The van der Waals surface area contributed by atoms with E-state index in [9.17, 15) is 0 Å². The predicted molar refractivity (Wildman–Crippen MR) is 72.4 cm³/mol. The summed E-state index contributed by atoms with van der Waals surface area (Å²) < 4.78 is 0. The molecule has 0 unspecified atom stereocenters. The molecule has 0 saturated carbocycles. The molecule has 0 bridgehead atoms. The summed E-state index contributed by atoms with van der Waals surface area (Å²) in [6.45, 7) is 5.32. The Morgan fingerprint density at radius 1 is 1.22 bits per heavy atom. The highest BCUT2D eigenvalue weighted by molar-refractivity contribution is 7.14. The zero-order valence-corrected chi connectivity index (χ0v) is 11.4. The van der Waals surface area contributed by atoms with Gasteiger partial charge in [-0.1, -0.05) is 25.2 Å². The van der Waals surface area contributed by atoms with E-state index < -0.39 is 0 Å². The molecule has 1 N–H and O–H groups in total. The Labute approximate surface area is 111 Å². The summed E-state index contributed by atoms with van der Waals surface area (Å²) in [5, 5.41) is 13.7. The fourth-order valence-corrected chi connectivity index (χ4v) is 2.37. The third-order valence-electron chi connectivity index (χ3n) is 2.39. The molecule has 0 radical (unpaired) electrons. The molecule has 2 aromatic rings. The first kappa shape index (κ1) is 13.0. The number of hydrogen-bond acceptors (Lipinski definition) is 6. The van der Waals surface area contributed by atoms with E-state index in [-0.39, 0.29) is 0 Å². The molecule has 18 heavy (non-hydrogen) atoms. The molecule has 0 amide bonds. The molecule has 5 nitrogen and oxygen atoms in total. The minimum Gasteiger partial charge on any atom is -0.315 e. The monoisotopic (exact) mass is 263 g/mol. The van der Waals surface area contributed by atoms with Crippen LogP contribution in [-0.4, -0.2) is 32.8 Å². The zero-order chi connectivity index (χ0) is 12.8. The summed E-state index contributed by atoms with van der Waals surface area (Å²) in [5.41, 5.74) is 0.932. The van der Waals surface area contributed by atoms with E-state index in [4.69, 9.17) is 0 Å². The number of rotatable bonds is 6. The molecule has 0 atom stereocenters. The Morgan fingerprint density at radius 2 is 2.00 bits per heavy atom. The van der Waals surface area contributed by atoms with Crippen molar-refractivity contribution in [2.24, 2.45) is 0 Å². The van der Waals surface area contributed by atoms with Gasteiger partial charge in [0.1, 0.15) is 11.3 Å². The third kappa shape index (κ3) is 3.82. The van der Waals surface area contributed by atoms with Crippen LogP contribution in [0.15, 0.2) is 18.7 Å². The standard InChI is InChI=1S/C12H17N5S/c1-9(2)15-5-3-4-11-16-17-12(18-11)10-6-13-8-14-7-10/h6-9,15H,3-5H2,1-2H3. The Morgan fingerprint density at radius 3 is 2.72 bits per heavy atom. The highest BCUT2D eigenvalue weighted by Crippen LogP contribution is 2.22. The van der Waals surface area contributed by atoms with Crippen molar-refractivity contribution in [2.45, 2.75) is 32.7 Å². The van der Waals surface area contributed by atoms with Crippen molar-refractivity contribution >= 4 is 11.3 Å². The van der Waals surface area contributed by atoms with Crippen LogP contribution in [0.4, 0.5) is 0 Å². The van der Waals surface area contributed by atoms with E-state index in [1.165, 1.54) is 6.33 Å². The number of nitrogens with one attached hydrogen (secondary N) is 1. The van der Waals surface area contributed by atoms with Gasteiger partial charge in [-0.05, 0) is 13.0 Å². The van der Waals surface area contributed by atoms with Crippen LogP contribution in [0.2, 0.25) is 0 Å². The van der Waals surface area contributed by atoms with Gasteiger partial charge in [0.25, 0.3) is 0 Å². The molecule has 6 heteroatoms. The Hall–Kier alpha value is -1.40. The van der Waals surface area contributed by atoms with Crippen molar-refractivity contribution in [2.75, 3.05) is 6.54 Å². The van der Waals surface area contributed by atoms with Crippen LogP contribution >= 0.6 is 11.3 Å². The highest BCUT2D eigenvalue weighted by Gasteiger charge is 2.06. The van der Waals surface area contributed by atoms with Crippen molar-refractivity contribution in [3.8, 4) is 10.6 Å². The van der Waals surface area contributed by atoms with Crippen LogP contribution in [0.1, 0.15) is 25.3 Å². The van der Waals surface area contributed by atoms with Crippen molar-refractivity contribution in [1.82, 2.24) is 25.5 Å². The largest absolute Gasteiger partial charge is 0.315 e. The molecule has 2 heterocycles. The van der Waals surface area contributed by atoms with Crippen LogP contribution in [0.3, 0.4) is 0 Å². The van der Waals surface area contributed by atoms with Gasteiger partial charge in [-0.25, -0.2) is 9.97 Å². The topological polar surface area (TPSA) is 63.6 Å². The van der Waals surface area contributed by atoms with Crippen molar-refractivity contribution in [1.29, 1.82) is 0 Å². The first-order valence-corrected chi connectivity index (χ1v) is 6.88. The van der Waals surface area contributed by atoms with Gasteiger partial charge in [0, 0.05) is 30.4 Å². The first-order chi connectivity index (χ1) is 8.75. The lowest BCUT2D eigenvalue weighted by Gasteiger charge is -2.05. The summed E-state index contributed by atoms with van der Waals surface area (Å²) >= 11 is 1.61. The maximum atomic E-state index is 4.19. The van der Waals surface area contributed by atoms with Gasteiger partial charge in [-0.15, -0.1) is 10.2 Å². The fourth-order valence-electron chi connectivity index (χ4n) is 1.51. The first-order valence-electron chi connectivity index (χ1n) is 6.07. The lowest BCUT2D eigenvalue weighted by atomic mass is 10.3. The Balaban J connectivity index is 1.87. The number of hydrogen-bond donors (Lipinski definition) is 1. The summed E-state index contributed by atoms with van der Waals surface area (Å²) in [4.78, 5) is 7.97. The summed E-state index contributed by atoms with van der Waals surface area (Å²) in [5.74, 6) is 0. The Bertz CT molecular complexity index is 468. The van der Waals surface area contributed by atoms with Gasteiger partial charge in [0.15, 0.2) is 5.01 Å². The van der Waals surface area contributed by atoms with Gasteiger partial charge in [0.2, 0.25) is 0 Å². The van der Waals surface area contributed by atoms with Crippen LogP contribution in [-0.2, 0) is 6.42 Å². The third-order valence-corrected chi connectivity index (χ3v) is 3.43. The van der Waals surface area contributed by atoms with E-state index in [1.807, 2.05) is 0 Å². The quantitative estimate of drug-likeness (QED) is 0.807. The van der Waals surface area contributed by atoms with Gasteiger partial charge in [-0.3, -0.25) is 0 Å². The molecule has 2 aromatic heterocycles. The number of aromatic nitrogens is 4. The smallest absolute Gasteiger partial charge is 0.150 e. The van der Waals surface area contributed by atoms with Crippen molar-refractivity contribution in [3.05, 3.63) is 23.7 Å². The summed E-state index contributed by atoms with van der Waals surface area (Å²) in [6.07, 6.45) is 7.08. The average molecular weight is 263 g/mol. The molecular weight excluding hydrogens is 246 g/mol. The molecule has 0 aliphatic rings. The lowest BCUT2D eigenvalue weighted by molar-refractivity contribution is 0.569.